The van der Waals surface area contributed by atoms with Gasteiger partial charge in [0.1, 0.15) is 28.6 Å². The molecule has 0 atom stereocenters. The largest absolute Gasteiger partial charge is 0.465 e. The standard InChI is InChI=1S/C22H19N3O4/c1-4-15-7-9-17(10-8-15)29-20-18(12-16(13-23)22(27)28-3)21(26)25-11-5-6-14(2)19(25)24-20/h5-12H,4H2,1-3H3. The van der Waals surface area contributed by atoms with E-state index in [0.717, 1.165) is 30.7 Å². The van der Waals surface area contributed by atoms with Gasteiger partial charge in [-0.25, -0.2) is 4.79 Å². The number of carbonyl (C=O) groups excluding carboxylic acids is 1. The lowest BCUT2D eigenvalue weighted by Crippen LogP contribution is -2.20. The number of aromatic nitrogens is 2. The van der Waals surface area contributed by atoms with Gasteiger partial charge in [0.2, 0.25) is 5.88 Å². The molecule has 0 spiro atoms. The van der Waals surface area contributed by atoms with Crippen LogP contribution < -0.4 is 10.3 Å². The molecule has 3 rings (SSSR count). The molecule has 0 aliphatic rings. The highest BCUT2D eigenvalue weighted by atomic mass is 16.5. The van der Waals surface area contributed by atoms with Crippen LogP contribution in [-0.2, 0) is 16.0 Å². The van der Waals surface area contributed by atoms with Gasteiger partial charge in [0.25, 0.3) is 5.56 Å². The SMILES string of the molecule is CCc1ccc(Oc2nc3c(C)cccn3c(=O)c2C=C(C#N)C(=O)OC)cc1. The average molecular weight is 389 g/mol. The summed E-state index contributed by atoms with van der Waals surface area (Å²) in [6.07, 6.45) is 3.60. The minimum absolute atomic E-state index is 0.00482. The second-order valence-corrected chi connectivity index (χ2v) is 6.28. The zero-order chi connectivity index (χ0) is 21.0. The molecule has 1 aromatic carbocycles. The molecule has 0 aliphatic carbocycles. The Morgan fingerprint density at radius 3 is 2.62 bits per heavy atom. The van der Waals surface area contributed by atoms with Crippen molar-refractivity contribution in [3.05, 3.63) is 75.2 Å². The minimum atomic E-state index is -0.848. The first-order valence-corrected chi connectivity index (χ1v) is 8.97. The first-order chi connectivity index (χ1) is 14.0. The molecule has 7 heteroatoms. The van der Waals surface area contributed by atoms with Crippen LogP contribution in [0.5, 0.6) is 11.6 Å². The van der Waals surface area contributed by atoms with Gasteiger partial charge < -0.3 is 9.47 Å². The number of ether oxygens (including phenoxy) is 2. The third-order valence-corrected chi connectivity index (χ3v) is 4.41. The van der Waals surface area contributed by atoms with E-state index >= 15 is 0 Å². The van der Waals surface area contributed by atoms with E-state index in [-0.39, 0.29) is 17.0 Å². The molecule has 0 amide bonds. The predicted octanol–water partition coefficient (Wildman–Crippen LogP) is 3.44. The summed E-state index contributed by atoms with van der Waals surface area (Å²) in [7, 11) is 1.16. The Balaban J connectivity index is 2.23. The van der Waals surface area contributed by atoms with Gasteiger partial charge in [0, 0.05) is 6.20 Å². The summed E-state index contributed by atoms with van der Waals surface area (Å²) >= 11 is 0. The number of hydrogen-bond acceptors (Lipinski definition) is 6. The first kappa shape index (κ1) is 19.8. The Hall–Kier alpha value is -3.92. The summed E-state index contributed by atoms with van der Waals surface area (Å²) in [4.78, 5) is 29.4. The molecule has 2 aromatic heterocycles. The zero-order valence-electron chi connectivity index (χ0n) is 16.3. The van der Waals surface area contributed by atoms with Crippen molar-refractivity contribution < 1.29 is 14.3 Å². The normalized spacial score (nSPS) is 11.2. The monoisotopic (exact) mass is 389 g/mol. The highest BCUT2D eigenvalue weighted by Crippen LogP contribution is 2.25. The molecule has 0 bridgehead atoms. The maximum Gasteiger partial charge on any atom is 0.348 e. The fourth-order valence-corrected chi connectivity index (χ4v) is 2.79. The highest BCUT2D eigenvalue weighted by Gasteiger charge is 2.18. The minimum Gasteiger partial charge on any atom is -0.465 e. The average Bonchev–Trinajstić information content (AvgIpc) is 2.74. The lowest BCUT2D eigenvalue weighted by molar-refractivity contribution is -0.135. The van der Waals surface area contributed by atoms with Crippen molar-refractivity contribution in [2.24, 2.45) is 0 Å². The fraction of sp³-hybridized carbons (Fsp3) is 0.182. The van der Waals surface area contributed by atoms with E-state index in [1.54, 1.807) is 30.5 Å². The molecule has 0 unspecified atom stereocenters. The summed E-state index contributed by atoms with van der Waals surface area (Å²) in [6.45, 7) is 3.87. The maximum atomic E-state index is 13.1. The number of esters is 1. The smallest absolute Gasteiger partial charge is 0.348 e. The topological polar surface area (TPSA) is 93.7 Å². The Morgan fingerprint density at radius 1 is 1.28 bits per heavy atom. The molecular formula is C22H19N3O4. The van der Waals surface area contributed by atoms with Crippen LogP contribution in [0.3, 0.4) is 0 Å². The summed E-state index contributed by atoms with van der Waals surface area (Å²) in [5.41, 5.74) is 1.53. The van der Waals surface area contributed by atoms with Crippen molar-refractivity contribution in [2.75, 3.05) is 7.11 Å². The molecule has 0 radical (unpaired) electrons. The van der Waals surface area contributed by atoms with Crippen LogP contribution in [0.25, 0.3) is 11.7 Å². The number of nitriles is 1. The molecule has 0 saturated carbocycles. The quantitative estimate of drug-likeness (QED) is 0.377. The number of hydrogen-bond donors (Lipinski definition) is 0. The molecule has 7 nitrogen and oxygen atoms in total. The van der Waals surface area contributed by atoms with Crippen LogP contribution in [0.4, 0.5) is 0 Å². The molecule has 0 N–H and O–H groups in total. The maximum absolute atomic E-state index is 13.1. The second kappa shape index (κ2) is 8.40. The van der Waals surface area contributed by atoms with Crippen molar-refractivity contribution >= 4 is 17.7 Å². The highest BCUT2D eigenvalue weighted by molar-refractivity contribution is 5.98. The van der Waals surface area contributed by atoms with E-state index in [1.165, 1.54) is 4.40 Å². The van der Waals surface area contributed by atoms with E-state index in [1.807, 2.05) is 32.0 Å². The molecule has 0 fully saturated rings. The molecular weight excluding hydrogens is 370 g/mol. The number of pyridine rings is 1. The molecule has 29 heavy (non-hydrogen) atoms. The van der Waals surface area contributed by atoms with E-state index in [2.05, 4.69) is 9.72 Å². The van der Waals surface area contributed by atoms with Gasteiger partial charge in [-0.1, -0.05) is 25.1 Å². The lowest BCUT2D eigenvalue weighted by Gasteiger charge is -2.11. The molecule has 0 saturated heterocycles. The van der Waals surface area contributed by atoms with Gasteiger partial charge in [-0.3, -0.25) is 9.20 Å². The number of methoxy groups -OCH3 is 1. The van der Waals surface area contributed by atoms with Crippen LogP contribution in [0.2, 0.25) is 0 Å². The fourth-order valence-electron chi connectivity index (χ4n) is 2.79. The predicted molar refractivity (Wildman–Crippen MR) is 108 cm³/mol. The summed E-state index contributed by atoms with van der Waals surface area (Å²) in [5.74, 6) is -0.358. The van der Waals surface area contributed by atoms with Gasteiger partial charge in [-0.05, 0) is 48.7 Å². The Kier molecular flexibility index (Phi) is 5.74. The van der Waals surface area contributed by atoms with E-state index in [4.69, 9.17) is 4.74 Å². The van der Waals surface area contributed by atoms with Crippen LogP contribution >= 0.6 is 0 Å². The second-order valence-electron chi connectivity index (χ2n) is 6.28. The number of carbonyl (C=O) groups is 1. The van der Waals surface area contributed by atoms with Gasteiger partial charge >= 0.3 is 5.97 Å². The number of rotatable bonds is 5. The van der Waals surface area contributed by atoms with E-state index < -0.39 is 11.5 Å². The van der Waals surface area contributed by atoms with E-state index in [9.17, 15) is 14.9 Å². The van der Waals surface area contributed by atoms with Gasteiger partial charge in [0.15, 0.2) is 0 Å². The number of nitrogens with zero attached hydrogens (tertiary/aromatic N) is 3. The Bertz CT molecular complexity index is 1200. The van der Waals surface area contributed by atoms with Crippen molar-refractivity contribution in [2.45, 2.75) is 20.3 Å². The van der Waals surface area contributed by atoms with Crippen molar-refractivity contribution in [1.82, 2.24) is 9.38 Å². The van der Waals surface area contributed by atoms with Gasteiger partial charge in [-0.2, -0.15) is 10.2 Å². The first-order valence-electron chi connectivity index (χ1n) is 8.97. The third kappa shape index (κ3) is 4.01. The summed E-state index contributed by atoms with van der Waals surface area (Å²) in [5, 5.41) is 9.29. The van der Waals surface area contributed by atoms with Crippen molar-refractivity contribution in [1.29, 1.82) is 5.26 Å². The van der Waals surface area contributed by atoms with Crippen LogP contribution in [0.1, 0.15) is 23.6 Å². The molecule has 0 aliphatic heterocycles. The molecule has 3 aromatic rings. The number of benzene rings is 1. The van der Waals surface area contributed by atoms with Gasteiger partial charge in [-0.15, -0.1) is 0 Å². The van der Waals surface area contributed by atoms with Crippen LogP contribution in [-0.4, -0.2) is 22.5 Å². The summed E-state index contributed by atoms with van der Waals surface area (Å²) in [6, 6.07) is 12.7. The number of aryl methyl sites for hydroxylation is 2. The van der Waals surface area contributed by atoms with E-state index in [0.29, 0.717) is 11.4 Å². The van der Waals surface area contributed by atoms with Crippen LogP contribution in [0, 0.1) is 18.3 Å². The lowest BCUT2D eigenvalue weighted by atomic mass is 10.1. The van der Waals surface area contributed by atoms with Crippen LogP contribution in [0.15, 0.2) is 53.0 Å². The third-order valence-electron chi connectivity index (χ3n) is 4.41. The zero-order valence-corrected chi connectivity index (χ0v) is 16.3. The molecule has 146 valence electrons. The Labute approximate surface area is 167 Å². The summed E-state index contributed by atoms with van der Waals surface area (Å²) < 4.78 is 11.8. The molecule has 2 heterocycles. The Morgan fingerprint density at radius 2 is 2.00 bits per heavy atom. The van der Waals surface area contributed by atoms with Gasteiger partial charge in [0.05, 0.1) is 7.11 Å². The van der Waals surface area contributed by atoms with Crippen molar-refractivity contribution in [3.63, 3.8) is 0 Å². The number of fused-ring (bicyclic) bond motifs is 1. The van der Waals surface area contributed by atoms with Crippen molar-refractivity contribution in [3.8, 4) is 17.7 Å².